The normalized spacial score (nSPS) is 19.7. The second-order valence-corrected chi connectivity index (χ2v) is 7.10. The molecule has 1 amide bonds. The fourth-order valence-corrected chi connectivity index (χ4v) is 2.63. The Labute approximate surface area is 123 Å². The van der Waals surface area contributed by atoms with E-state index in [4.69, 9.17) is 0 Å². The monoisotopic (exact) mass is 357 g/mol. The zero-order valence-electron chi connectivity index (χ0n) is 11.1. The Hall–Kier alpha value is -0.580. The van der Waals surface area contributed by atoms with Gasteiger partial charge in [0.2, 0.25) is 5.91 Å². The van der Waals surface area contributed by atoms with Crippen LogP contribution < -0.4 is 0 Å². The number of nitrogens with zero attached hydrogens (tertiary/aromatic N) is 1. The first-order valence-corrected chi connectivity index (χ1v) is 7.56. The molecule has 0 radical (unpaired) electrons. The Morgan fingerprint density at radius 2 is 1.89 bits per heavy atom. The summed E-state index contributed by atoms with van der Waals surface area (Å²) < 4.78 is 1.24. The van der Waals surface area contributed by atoms with Crippen molar-refractivity contribution < 1.29 is 4.79 Å². The van der Waals surface area contributed by atoms with Crippen LogP contribution in [0.5, 0.6) is 0 Å². The van der Waals surface area contributed by atoms with Crippen molar-refractivity contribution in [1.82, 2.24) is 4.90 Å². The van der Waals surface area contributed by atoms with E-state index in [1.165, 1.54) is 9.13 Å². The van der Waals surface area contributed by atoms with Crippen molar-refractivity contribution >= 4 is 28.5 Å². The Bertz CT molecular complexity index is 425. The summed E-state index contributed by atoms with van der Waals surface area (Å²) in [4.78, 5) is 14.1. The summed E-state index contributed by atoms with van der Waals surface area (Å²) in [6.07, 6.45) is 2.80. The summed E-state index contributed by atoms with van der Waals surface area (Å²) in [7, 11) is 0. The molecule has 0 aromatic heterocycles. The van der Waals surface area contributed by atoms with Crippen molar-refractivity contribution in [2.24, 2.45) is 5.41 Å². The SMILES string of the molecule is CC1(C)CCC(=O)N(Cc2ccc(I)cc2)CC1. The number of rotatable bonds is 2. The molecule has 0 N–H and O–H groups in total. The number of amides is 1. The molecule has 1 aliphatic heterocycles. The Kier molecular flexibility index (Phi) is 4.30. The quantitative estimate of drug-likeness (QED) is 0.737. The minimum Gasteiger partial charge on any atom is -0.338 e. The average Bonchev–Trinajstić information content (AvgIpc) is 2.45. The van der Waals surface area contributed by atoms with Gasteiger partial charge in [0.05, 0.1) is 0 Å². The third-order valence-corrected chi connectivity index (χ3v) is 4.43. The Morgan fingerprint density at radius 1 is 1.22 bits per heavy atom. The van der Waals surface area contributed by atoms with Gasteiger partial charge < -0.3 is 4.90 Å². The molecule has 0 atom stereocenters. The van der Waals surface area contributed by atoms with E-state index in [-0.39, 0.29) is 0 Å². The van der Waals surface area contributed by atoms with Gasteiger partial charge in [-0.2, -0.15) is 0 Å². The van der Waals surface area contributed by atoms with Crippen LogP contribution >= 0.6 is 22.6 Å². The molecule has 0 saturated carbocycles. The molecule has 0 unspecified atom stereocenters. The van der Waals surface area contributed by atoms with E-state index >= 15 is 0 Å². The lowest BCUT2D eigenvalue weighted by Gasteiger charge is -2.23. The number of likely N-dealkylation sites (tertiary alicyclic amines) is 1. The number of carbonyl (C=O) groups is 1. The predicted molar refractivity (Wildman–Crippen MR) is 82.2 cm³/mol. The minimum atomic E-state index is 0.302. The molecule has 18 heavy (non-hydrogen) atoms. The highest BCUT2D eigenvalue weighted by Gasteiger charge is 2.27. The van der Waals surface area contributed by atoms with Crippen molar-refractivity contribution in [2.75, 3.05) is 6.54 Å². The van der Waals surface area contributed by atoms with Crippen LogP contribution in [0.2, 0.25) is 0 Å². The van der Waals surface area contributed by atoms with Crippen molar-refractivity contribution in [1.29, 1.82) is 0 Å². The first-order valence-electron chi connectivity index (χ1n) is 6.48. The Balaban J connectivity index is 2.04. The van der Waals surface area contributed by atoms with Gasteiger partial charge in [0.25, 0.3) is 0 Å². The van der Waals surface area contributed by atoms with Crippen molar-refractivity contribution in [3.05, 3.63) is 33.4 Å². The average molecular weight is 357 g/mol. The van der Waals surface area contributed by atoms with E-state index in [9.17, 15) is 4.79 Å². The summed E-state index contributed by atoms with van der Waals surface area (Å²) in [5.74, 6) is 0.305. The van der Waals surface area contributed by atoms with Gasteiger partial charge in [-0.15, -0.1) is 0 Å². The van der Waals surface area contributed by atoms with E-state index in [0.717, 1.165) is 25.9 Å². The highest BCUT2D eigenvalue weighted by atomic mass is 127. The fourth-order valence-electron chi connectivity index (χ4n) is 2.27. The largest absolute Gasteiger partial charge is 0.338 e. The van der Waals surface area contributed by atoms with Crippen molar-refractivity contribution in [3.63, 3.8) is 0 Å². The maximum Gasteiger partial charge on any atom is 0.222 e. The molecule has 1 fully saturated rings. The van der Waals surface area contributed by atoms with Crippen LogP contribution in [0, 0.1) is 8.99 Å². The van der Waals surface area contributed by atoms with E-state index in [0.29, 0.717) is 17.7 Å². The molecule has 1 aliphatic rings. The number of carbonyl (C=O) groups excluding carboxylic acids is 1. The van der Waals surface area contributed by atoms with Crippen LogP contribution in [0.15, 0.2) is 24.3 Å². The number of benzene rings is 1. The topological polar surface area (TPSA) is 20.3 Å². The molecule has 1 heterocycles. The maximum atomic E-state index is 12.1. The third-order valence-electron chi connectivity index (χ3n) is 3.71. The van der Waals surface area contributed by atoms with Gasteiger partial charge in [-0.1, -0.05) is 26.0 Å². The van der Waals surface area contributed by atoms with Crippen LogP contribution in [-0.4, -0.2) is 17.4 Å². The van der Waals surface area contributed by atoms with E-state index in [2.05, 4.69) is 60.7 Å². The summed E-state index contributed by atoms with van der Waals surface area (Å²) >= 11 is 2.30. The molecule has 0 aliphatic carbocycles. The van der Waals surface area contributed by atoms with Crippen molar-refractivity contribution in [2.45, 2.75) is 39.7 Å². The molecule has 2 nitrogen and oxygen atoms in total. The summed E-state index contributed by atoms with van der Waals surface area (Å²) in [6.45, 7) is 6.16. The molecule has 1 aromatic carbocycles. The minimum absolute atomic E-state index is 0.302. The molecule has 0 bridgehead atoms. The first kappa shape index (κ1) is 13.8. The van der Waals surface area contributed by atoms with Gasteiger partial charge in [0, 0.05) is 23.1 Å². The number of halogens is 1. The van der Waals surface area contributed by atoms with Crippen molar-refractivity contribution in [3.8, 4) is 0 Å². The lowest BCUT2D eigenvalue weighted by Crippen LogP contribution is -2.30. The predicted octanol–water partition coefficient (Wildman–Crippen LogP) is 3.83. The molecule has 0 spiro atoms. The molecule has 3 heteroatoms. The zero-order valence-corrected chi connectivity index (χ0v) is 13.2. The highest BCUT2D eigenvalue weighted by Crippen LogP contribution is 2.30. The summed E-state index contributed by atoms with van der Waals surface area (Å²) in [5, 5.41) is 0. The maximum absolute atomic E-state index is 12.1. The smallest absolute Gasteiger partial charge is 0.222 e. The van der Waals surface area contributed by atoms with Crippen LogP contribution in [0.3, 0.4) is 0 Å². The van der Waals surface area contributed by atoms with Gasteiger partial charge in [0.15, 0.2) is 0 Å². The zero-order chi connectivity index (χ0) is 13.2. The van der Waals surface area contributed by atoms with Crippen LogP contribution in [0.4, 0.5) is 0 Å². The van der Waals surface area contributed by atoms with Gasteiger partial charge in [0.1, 0.15) is 0 Å². The van der Waals surface area contributed by atoms with E-state index < -0.39 is 0 Å². The first-order chi connectivity index (χ1) is 8.46. The van der Waals surface area contributed by atoms with Crippen LogP contribution in [-0.2, 0) is 11.3 Å². The molecular formula is C15H20INO. The second-order valence-electron chi connectivity index (χ2n) is 5.86. The lowest BCUT2D eigenvalue weighted by molar-refractivity contribution is -0.131. The molecular weight excluding hydrogens is 337 g/mol. The van der Waals surface area contributed by atoms with E-state index in [1.807, 2.05) is 4.90 Å². The fraction of sp³-hybridized carbons (Fsp3) is 0.533. The highest BCUT2D eigenvalue weighted by molar-refractivity contribution is 14.1. The molecule has 1 aromatic rings. The summed E-state index contributed by atoms with van der Waals surface area (Å²) in [6, 6.07) is 8.43. The van der Waals surface area contributed by atoms with Gasteiger partial charge >= 0.3 is 0 Å². The second kappa shape index (κ2) is 5.59. The van der Waals surface area contributed by atoms with Crippen LogP contribution in [0.1, 0.15) is 38.7 Å². The van der Waals surface area contributed by atoms with Gasteiger partial charge in [-0.3, -0.25) is 4.79 Å². The molecule has 98 valence electrons. The number of hydrogen-bond donors (Lipinski definition) is 0. The van der Waals surface area contributed by atoms with Crippen LogP contribution in [0.25, 0.3) is 0 Å². The van der Waals surface area contributed by atoms with E-state index in [1.54, 1.807) is 0 Å². The lowest BCUT2D eigenvalue weighted by atomic mass is 9.85. The Morgan fingerprint density at radius 3 is 2.56 bits per heavy atom. The molecule has 1 saturated heterocycles. The number of hydrogen-bond acceptors (Lipinski definition) is 1. The third kappa shape index (κ3) is 3.70. The summed E-state index contributed by atoms with van der Waals surface area (Å²) in [5.41, 5.74) is 1.53. The standard InChI is InChI=1S/C15H20INO/c1-15(2)8-7-14(18)17(10-9-15)11-12-3-5-13(16)6-4-12/h3-6H,7-11H2,1-2H3. The van der Waals surface area contributed by atoms with Gasteiger partial charge in [-0.05, 0) is 58.5 Å². The molecule has 2 rings (SSSR count). The van der Waals surface area contributed by atoms with Gasteiger partial charge in [-0.25, -0.2) is 0 Å².